The van der Waals surface area contributed by atoms with Crippen LogP contribution in [-0.2, 0) is 47.4 Å². The molecule has 1 aliphatic rings. The third kappa shape index (κ3) is 14.3. The van der Waals surface area contributed by atoms with E-state index in [1.54, 1.807) is 0 Å². The standard InChI is InChI=1S/C39H45.C15H8F6.C11H17.2ClH.Zr/c1-22-13-24(3)36(25(4)14-22)32-18-28-17-29-19-33(37-26(5)15-23(2)16-27(37)6)35(39(10,11)12)21-31(29)30(28)20-34(32)38(7,8)9;16-14(17,18)12-5-1-3-10(8-12)7-11-4-2-6-13(9-11)15(19,20)21;1-5-9-6-7-10(8-9)11(2,3)4;;;/h13-21H,1-12H3;1-6,8-9H;7-9H,5H2,1-4H3;2*1H;/q-1;;-1;;;+2/p-2. The molecule has 8 rings (SSSR count). The van der Waals surface area contributed by atoms with Gasteiger partial charge in [0.2, 0.25) is 0 Å². The molecule has 1 unspecified atom stereocenters. The number of allylic oxidation sites excluding steroid dienone is 4. The van der Waals surface area contributed by atoms with Gasteiger partial charge in [0.25, 0.3) is 0 Å². The average Bonchev–Trinajstić information content (AvgIpc) is 3.89. The second kappa shape index (κ2) is 23.4. The van der Waals surface area contributed by atoms with E-state index < -0.39 is 23.5 Å². The smallest absolute Gasteiger partial charge is 1.00 e. The van der Waals surface area contributed by atoms with Crippen LogP contribution >= 0.6 is 0 Å². The molecular formula is C65H70Cl2F6Zr-2. The summed E-state index contributed by atoms with van der Waals surface area (Å²) in [6.45, 7) is 36.5. The number of aryl methyl sites for hydroxylation is 6. The molecule has 7 aromatic carbocycles. The van der Waals surface area contributed by atoms with Gasteiger partial charge in [-0.25, -0.2) is 6.08 Å². The zero-order chi connectivity index (χ0) is 53.6. The number of benzene rings is 6. The summed E-state index contributed by atoms with van der Waals surface area (Å²) in [6.07, 6.45) is 0.0304. The van der Waals surface area contributed by atoms with Crippen molar-refractivity contribution in [3.8, 4) is 22.3 Å². The molecule has 9 heteroatoms. The van der Waals surface area contributed by atoms with Crippen LogP contribution in [0.15, 0.2) is 121 Å². The number of alkyl halides is 6. The van der Waals surface area contributed by atoms with Crippen molar-refractivity contribution in [2.24, 2.45) is 11.3 Å². The molecule has 0 radical (unpaired) electrons. The van der Waals surface area contributed by atoms with E-state index in [2.05, 4.69) is 184 Å². The Morgan fingerprint density at radius 3 is 1.18 bits per heavy atom. The molecule has 0 aromatic heterocycles. The summed E-state index contributed by atoms with van der Waals surface area (Å²) in [5.74, 6) is 0.573. The van der Waals surface area contributed by atoms with E-state index in [9.17, 15) is 26.3 Å². The molecular weight excluding hydrogens is 1060 g/mol. The first-order valence-electron chi connectivity index (χ1n) is 24.8. The van der Waals surface area contributed by atoms with Gasteiger partial charge in [0.1, 0.15) is 0 Å². The summed E-state index contributed by atoms with van der Waals surface area (Å²) in [4.78, 5) is 0. The molecule has 1 aliphatic carbocycles. The maximum Gasteiger partial charge on any atom is -1.00 e. The summed E-state index contributed by atoms with van der Waals surface area (Å²) in [6, 6.07) is 30.8. The van der Waals surface area contributed by atoms with E-state index in [4.69, 9.17) is 0 Å². The van der Waals surface area contributed by atoms with Crippen LogP contribution in [0.1, 0.15) is 142 Å². The van der Waals surface area contributed by atoms with Gasteiger partial charge in [-0.1, -0.05) is 135 Å². The van der Waals surface area contributed by atoms with Gasteiger partial charge in [0, 0.05) is 0 Å². The van der Waals surface area contributed by atoms with Gasteiger partial charge in [0.15, 0.2) is 0 Å². The van der Waals surface area contributed by atoms with Crippen molar-refractivity contribution in [3.63, 3.8) is 0 Å². The van der Waals surface area contributed by atoms with Crippen molar-refractivity contribution in [2.45, 2.75) is 140 Å². The Labute approximate surface area is 464 Å². The van der Waals surface area contributed by atoms with Crippen molar-refractivity contribution in [2.75, 3.05) is 0 Å². The summed E-state index contributed by atoms with van der Waals surface area (Å²) < 4.78 is 76.7. The Balaban J connectivity index is 0.000000284. The molecule has 392 valence electrons. The molecule has 74 heavy (non-hydrogen) atoms. The fraction of sp³-hybridized carbons (Fsp3) is 0.354. The Morgan fingerprint density at radius 1 is 0.527 bits per heavy atom. The molecule has 0 saturated heterocycles. The van der Waals surface area contributed by atoms with Gasteiger partial charge in [-0.3, -0.25) is 6.08 Å². The second-order valence-electron chi connectivity index (χ2n) is 22.9. The van der Waals surface area contributed by atoms with E-state index in [0.29, 0.717) is 14.5 Å². The maximum absolute atomic E-state index is 12.7. The zero-order valence-corrected chi connectivity index (χ0v) is 49.7. The van der Waals surface area contributed by atoms with E-state index in [-0.39, 0.29) is 46.8 Å². The monoisotopic (exact) mass is 1120 g/mol. The number of halogens is 8. The second-order valence-corrected chi connectivity index (χ2v) is 24.1. The zero-order valence-electron chi connectivity index (χ0n) is 45.8. The van der Waals surface area contributed by atoms with Crippen LogP contribution in [0.4, 0.5) is 26.3 Å². The van der Waals surface area contributed by atoms with E-state index in [1.807, 2.05) is 0 Å². The minimum Gasteiger partial charge on any atom is -1.00 e. The molecule has 7 aromatic rings. The quantitative estimate of drug-likeness (QED) is 0.119. The molecule has 0 aliphatic heterocycles. The maximum atomic E-state index is 12.7. The van der Waals surface area contributed by atoms with Crippen molar-refractivity contribution in [1.29, 1.82) is 0 Å². The predicted molar refractivity (Wildman–Crippen MR) is 289 cm³/mol. The fourth-order valence-corrected chi connectivity index (χ4v) is 10.8. The SMILES string of the molecule is CCC1[C-]=CC(C(C)(C)C)=C1.Cc1cc(C)c(-c2cc3[cH-]c4cc(-c5c(C)cc(C)cc5C)c(C(C)(C)C)cc4c3cc2C(C)(C)C)c(C)c1.FC(F)(F)c1cccc([C](=[Zr+2])c2cccc(C(F)(F)F)c2)c1.[Cl-].[Cl-]. The fourth-order valence-electron chi connectivity index (χ4n) is 10.1. The normalized spacial score (nSPS) is 13.9. The van der Waals surface area contributed by atoms with Crippen molar-refractivity contribution >= 4 is 24.8 Å². The third-order valence-corrected chi connectivity index (χ3v) is 15.0. The Morgan fingerprint density at radius 2 is 0.892 bits per heavy atom. The van der Waals surface area contributed by atoms with Crippen molar-refractivity contribution in [3.05, 3.63) is 194 Å². The first-order valence-corrected chi connectivity index (χ1v) is 26.1. The van der Waals surface area contributed by atoms with Crippen LogP contribution in [-0.4, -0.2) is 3.21 Å². The first-order chi connectivity index (χ1) is 33.2. The van der Waals surface area contributed by atoms with Gasteiger partial charge in [-0.05, 0) is 108 Å². The Hall–Kier alpha value is -4.42. The molecule has 1 atom stereocenters. The van der Waals surface area contributed by atoms with Crippen LogP contribution in [0.3, 0.4) is 0 Å². The van der Waals surface area contributed by atoms with E-state index in [1.165, 1.54) is 125 Å². The van der Waals surface area contributed by atoms with Crippen LogP contribution in [0.25, 0.3) is 43.8 Å². The van der Waals surface area contributed by atoms with Gasteiger partial charge < -0.3 is 24.8 Å². The molecule has 0 heterocycles. The van der Waals surface area contributed by atoms with E-state index >= 15 is 0 Å². The molecule has 0 spiro atoms. The number of rotatable bonds is 5. The van der Waals surface area contributed by atoms with Gasteiger partial charge in [-0.15, -0.1) is 39.7 Å². The predicted octanol–water partition coefficient (Wildman–Crippen LogP) is 13.7. The largest absolute Gasteiger partial charge is 1.00 e. The molecule has 0 N–H and O–H groups in total. The van der Waals surface area contributed by atoms with Gasteiger partial charge >= 0.3 is 137 Å². The minimum atomic E-state index is -4.49. The molecule has 0 nitrogen and oxygen atoms in total. The average molecular weight is 1130 g/mol. The van der Waals surface area contributed by atoms with Crippen molar-refractivity contribution < 1.29 is 75.4 Å². The molecule has 0 bridgehead atoms. The van der Waals surface area contributed by atoms with Gasteiger partial charge in [0.05, 0.1) is 0 Å². The third-order valence-electron chi connectivity index (χ3n) is 13.6. The topological polar surface area (TPSA) is 0 Å². The van der Waals surface area contributed by atoms with Crippen LogP contribution in [0.2, 0.25) is 0 Å². The summed E-state index contributed by atoms with van der Waals surface area (Å²) in [7, 11) is 0. The summed E-state index contributed by atoms with van der Waals surface area (Å²) >= 11 is 0.729. The Kier molecular flexibility index (Phi) is 19.7. The van der Waals surface area contributed by atoms with Crippen LogP contribution < -0.4 is 24.8 Å². The molecule has 0 fully saturated rings. The molecule has 0 amide bonds. The Bertz CT molecular complexity index is 2990. The number of hydrogen-bond donors (Lipinski definition) is 0. The summed E-state index contributed by atoms with van der Waals surface area (Å²) in [5, 5.41) is 5.41. The first kappa shape index (κ1) is 62.1. The molecule has 0 saturated carbocycles. The van der Waals surface area contributed by atoms with Gasteiger partial charge in [-0.2, -0.15) is 11.6 Å². The van der Waals surface area contributed by atoms with Crippen LogP contribution in [0.5, 0.6) is 0 Å². The number of hydrogen-bond acceptors (Lipinski definition) is 0. The van der Waals surface area contributed by atoms with Crippen molar-refractivity contribution in [1.82, 2.24) is 0 Å². The van der Waals surface area contributed by atoms with E-state index in [0.717, 1.165) is 48.5 Å². The number of fused-ring (bicyclic) bond motifs is 3. The van der Waals surface area contributed by atoms with Crippen LogP contribution in [0, 0.1) is 59.0 Å². The minimum absolute atomic E-state index is 0. The summed E-state index contributed by atoms with van der Waals surface area (Å²) in [5.41, 5.74) is 17.1.